The molecule has 0 N–H and O–H groups in total. The second-order valence-corrected chi connectivity index (χ2v) is 5.75. The summed E-state index contributed by atoms with van der Waals surface area (Å²) in [6.07, 6.45) is 1.54. The van der Waals surface area contributed by atoms with Crippen molar-refractivity contribution in [2.24, 2.45) is 0 Å². The molecule has 0 aliphatic heterocycles. The van der Waals surface area contributed by atoms with Gasteiger partial charge >= 0.3 is 5.97 Å². The second kappa shape index (κ2) is 6.93. The Morgan fingerprint density at radius 3 is 2.72 bits per heavy atom. The molecule has 3 rings (SSSR count). The molecule has 130 valence electrons. The van der Waals surface area contributed by atoms with E-state index in [4.69, 9.17) is 9.47 Å². The third-order valence-corrected chi connectivity index (χ3v) is 4.22. The van der Waals surface area contributed by atoms with Crippen LogP contribution in [-0.2, 0) is 11.2 Å². The molecule has 0 saturated carbocycles. The van der Waals surface area contributed by atoms with E-state index in [0.29, 0.717) is 42.0 Å². The Balaban J connectivity index is 2.27. The summed E-state index contributed by atoms with van der Waals surface area (Å²) in [6, 6.07) is 8.24. The summed E-state index contributed by atoms with van der Waals surface area (Å²) in [5.74, 6) is -0.167. The summed E-state index contributed by atoms with van der Waals surface area (Å²) in [7, 11) is 1.55. The third-order valence-electron chi connectivity index (χ3n) is 4.22. The molecule has 0 saturated heterocycles. The van der Waals surface area contributed by atoms with E-state index in [9.17, 15) is 14.4 Å². The molecule has 6 heteroatoms. The first kappa shape index (κ1) is 17.0. The summed E-state index contributed by atoms with van der Waals surface area (Å²) in [4.78, 5) is 37.4. The standard InChI is InChI=1S/C19H19NO5/c1-3-25-19(23)14-11-17(22)20(12-6-4-7-13(10-12)24-2)15-8-5-9-16(21)18(14)15/h4,6-7,10-11H,3,5,8-9H2,1-2H3. The van der Waals surface area contributed by atoms with E-state index < -0.39 is 5.97 Å². The molecule has 1 aliphatic rings. The van der Waals surface area contributed by atoms with Crippen molar-refractivity contribution >= 4 is 11.8 Å². The van der Waals surface area contributed by atoms with E-state index in [1.54, 1.807) is 38.3 Å². The van der Waals surface area contributed by atoms with Crippen LogP contribution in [0.2, 0.25) is 0 Å². The lowest BCUT2D eigenvalue weighted by molar-refractivity contribution is 0.0522. The number of hydrogen-bond acceptors (Lipinski definition) is 5. The third kappa shape index (κ3) is 3.07. The van der Waals surface area contributed by atoms with E-state index in [0.717, 1.165) is 0 Å². The van der Waals surface area contributed by atoms with Crippen LogP contribution in [0.1, 0.15) is 46.2 Å². The Morgan fingerprint density at radius 1 is 1.20 bits per heavy atom. The van der Waals surface area contributed by atoms with E-state index in [1.807, 2.05) is 0 Å². The maximum absolute atomic E-state index is 12.7. The number of aromatic nitrogens is 1. The highest BCUT2D eigenvalue weighted by atomic mass is 16.5. The minimum atomic E-state index is -0.635. The van der Waals surface area contributed by atoms with Crippen LogP contribution in [0.15, 0.2) is 35.1 Å². The van der Waals surface area contributed by atoms with Crippen molar-refractivity contribution < 1.29 is 19.1 Å². The first-order chi connectivity index (χ1) is 12.1. The van der Waals surface area contributed by atoms with Crippen LogP contribution in [-0.4, -0.2) is 30.0 Å². The first-order valence-electron chi connectivity index (χ1n) is 8.20. The van der Waals surface area contributed by atoms with E-state index >= 15 is 0 Å². The number of carbonyl (C=O) groups is 2. The lowest BCUT2D eigenvalue weighted by Crippen LogP contribution is -2.30. The van der Waals surface area contributed by atoms with Gasteiger partial charge in [0.05, 0.1) is 30.5 Å². The fraction of sp³-hybridized carbons (Fsp3) is 0.316. The number of pyridine rings is 1. The van der Waals surface area contributed by atoms with Crippen molar-refractivity contribution in [3.63, 3.8) is 0 Å². The molecule has 0 spiro atoms. The van der Waals surface area contributed by atoms with Gasteiger partial charge in [-0.3, -0.25) is 14.2 Å². The predicted octanol–water partition coefficient (Wildman–Crippen LogP) is 2.54. The molecule has 1 heterocycles. The maximum Gasteiger partial charge on any atom is 0.339 e. The zero-order valence-corrected chi connectivity index (χ0v) is 14.2. The molecule has 0 atom stereocenters. The lowest BCUT2D eigenvalue weighted by atomic mass is 9.90. The largest absolute Gasteiger partial charge is 0.497 e. The van der Waals surface area contributed by atoms with Gasteiger partial charge in [-0.2, -0.15) is 0 Å². The number of carbonyl (C=O) groups excluding carboxylic acids is 2. The van der Waals surface area contributed by atoms with Gasteiger partial charge in [0.2, 0.25) is 0 Å². The van der Waals surface area contributed by atoms with Crippen LogP contribution in [0.5, 0.6) is 5.75 Å². The molecule has 0 unspecified atom stereocenters. The van der Waals surface area contributed by atoms with Crippen molar-refractivity contribution in [1.29, 1.82) is 0 Å². The summed E-state index contributed by atoms with van der Waals surface area (Å²) in [5, 5.41) is 0. The molecule has 0 radical (unpaired) electrons. The van der Waals surface area contributed by atoms with Gasteiger partial charge in [-0.15, -0.1) is 0 Å². The number of Topliss-reactive ketones (excluding diaryl/α,β-unsaturated/α-hetero) is 1. The van der Waals surface area contributed by atoms with Gasteiger partial charge in [-0.1, -0.05) is 6.07 Å². The van der Waals surface area contributed by atoms with Gasteiger partial charge < -0.3 is 9.47 Å². The topological polar surface area (TPSA) is 74.6 Å². The van der Waals surface area contributed by atoms with Gasteiger partial charge in [0, 0.05) is 24.2 Å². The Kier molecular flexibility index (Phi) is 4.70. The number of hydrogen-bond donors (Lipinski definition) is 0. The number of ketones is 1. The van der Waals surface area contributed by atoms with Gasteiger partial charge in [0.15, 0.2) is 5.78 Å². The van der Waals surface area contributed by atoms with E-state index in [1.165, 1.54) is 10.6 Å². The quantitative estimate of drug-likeness (QED) is 0.799. The molecule has 2 aromatic rings. The monoisotopic (exact) mass is 341 g/mol. The molecule has 0 bridgehead atoms. The lowest BCUT2D eigenvalue weighted by Gasteiger charge is -2.22. The molecule has 0 fully saturated rings. The Labute approximate surface area is 145 Å². The van der Waals surface area contributed by atoms with Crippen molar-refractivity contribution in [2.45, 2.75) is 26.2 Å². The number of nitrogens with zero attached hydrogens (tertiary/aromatic N) is 1. The molecule has 1 aromatic carbocycles. The number of methoxy groups -OCH3 is 1. The fourth-order valence-electron chi connectivity index (χ4n) is 3.15. The van der Waals surface area contributed by atoms with Crippen molar-refractivity contribution in [1.82, 2.24) is 4.57 Å². The molecular formula is C19H19NO5. The zero-order chi connectivity index (χ0) is 18.0. The van der Waals surface area contributed by atoms with Gasteiger partial charge in [0.1, 0.15) is 5.75 Å². The SMILES string of the molecule is CCOC(=O)c1cc(=O)n(-c2cccc(OC)c2)c2c1C(=O)CCC2. The van der Waals surface area contributed by atoms with Crippen LogP contribution in [0.4, 0.5) is 0 Å². The first-order valence-corrected chi connectivity index (χ1v) is 8.20. The number of fused-ring (bicyclic) bond motifs is 1. The number of rotatable bonds is 4. The van der Waals surface area contributed by atoms with Crippen molar-refractivity contribution in [3.8, 4) is 11.4 Å². The van der Waals surface area contributed by atoms with E-state index in [2.05, 4.69) is 0 Å². The van der Waals surface area contributed by atoms with Gasteiger partial charge in [-0.05, 0) is 31.9 Å². The molecule has 25 heavy (non-hydrogen) atoms. The van der Waals surface area contributed by atoms with Gasteiger partial charge in [0.25, 0.3) is 5.56 Å². The van der Waals surface area contributed by atoms with Crippen LogP contribution in [0.3, 0.4) is 0 Å². The van der Waals surface area contributed by atoms with Crippen molar-refractivity contribution in [3.05, 3.63) is 57.5 Å². The van der Waals surface area contributed by atoms with Crippen LogP contribution >= 0.6 is 0 Å². The number of esters is 1. The number of benzene rings is 1. The van der Waals surface area contributed by atoms with E-state index in [-0.39, 0.29) is 23.5 Å². The summed E-state index contributed by atoms with van der Waals surface area (Å²) in [5.41, 5.74) is 1.15. The van der Waals surface area contributed by atoms with Crippen molar-refractivity contribution in [2.75, 3.05) is 13.7 Å². The van der Waals surface area contributed by atoms with Crippen LogP contribution in [0, 0.1) is 0 Å². The normalized spacial score (nSPS) is 13.3. The average Bonchev–Trinajstić information content (AvgIpc) is 2.61. The summed E-state index contributed by atoms with van der Waals surface area (Å²) >= 11 is 0. The Morgan fingerprint density at radius 2 is 2.00 bits per heavy atom. The fourth-order valence-corrected chi connectivity index (χ4v) is 3.15. The minimum Gasteiger partial charge on any atom is -0.497 e. The summed E-state index contributed by atoms with van der Waals surface area (Å²) in [6.45, 7) is 1.87. The van der Waals surface area contributed by atoms with Crippen LogP contribution in [0.25, 0.3) is 5.69 Å². The smallest absolute Gasteiger partial charge is 0.339 e. The molecule has 1 aromatic heterocycles. The van der Waals surface area contributed by atoms with Crippen LogP contribution < -0.4 is 10.3 Å². The highest BCUT2D eigenvalue weighted by Crippen LogP contribution is 2.27. The molecule has 6 nitrogen and oxygen atoms in total. The molecular weight excluding hydrogens is 322 g/mol. The number of ether oxygens (including phenoxy) is 2. The maximum atomic E-state index is 12.7. The van der Waals surface area contributed by atoms with Gasteiger partial charge in [-0.25, -0.2) is 4.79 Å². The molecule has 0 amide bonds. The average molecular weight is 341 g/mol. The minimum absolute atomic E-state index is 0.0608. The molecule has 1 aliphatic carbocycles. The second-order valence-electron chi connectivity index (χ2n) is 5.75. The Bertz CT molecular complexity index is 897. The Hall–Kier alpha value is -2.89. The zero-order valence-electron chi connectivity index (χ0n) is 14.2. The highest BCUT2D eigenvalue weighted by molar-refractivity contribution is 6.07. The predicted molar refractivity (Wildman–Crippen MR) is 91.8 cm³/mol. The highest BCUT2D eigenvalue weighted by Gasteiger charge is 2.29. The summed E-state index contributed by atoms with van der Waals surface area (Å²) < 4.78 is 11.7.